The molecule has 0 saturated carbocycles. The number of hydrogen-bond donors (Lipinski definition) is 1. The number of rotatable bonds is 1. The topological polar surface area (TPSA) is 15.3 Å². The molecular weight excluding hydrogens is 100 g/mol. The van der Waals surface area contributed by atoms with E-state index in [-0.39, 0.29) is 0 Å². The second-order valence-corrected chi connectivity index (χ2v) is 1.97. The van der Waals surface area contributed by atoms with E-state index in [0.29, 0.717) is 0 Å². The molecule has 0 unspecified atom stereocenters. The van der Waals surface area contributed by atoms with E-state index in [1.54, 1.807) is 0 Å². The van der Waals surface area contributed by atoms with Gasteiger partial charge < -0.3 is 10.2 Å². The van der Waals surface area contributed by atoms with Crippen LogP contribution < -0.4 is 5.32 Å². The zero-order valence-electron chi connectivity index (χ0n) is 5.06. The van der Waals surface area contributed by atoms with Crippen LogP contribution in [-0.2, 0) is 0 Å². The Balaban J connectivity index is 2.22. The first-order chi connectivity index (χ1) is 3.93. The summed E-state index contributed by atoms with van der Waals surface area (Å²) in [5.41, 5.74) is 0. The molecule has 1 aliphatic heterocycles. The SMILES string of the molecule is C=CN1CCNCC1. The zero-order chi connectivity index (χ0) is 5.82. The Morgan fingerprint density at radius 1 is 1.38 bits per heavy atom. The van der Waals surface area contributed by atoms with E-state index in [9.17, 15) is 0 Å². The fourth-order valence-electron chi connectivity index (χ4n) is 0.865. The van der Waals surface area contributed by atoms with Gasteiger partial charge in [0.25, 0.3) is 0 Å². The van der Waals surface area contributed by atoms with E-state index in [0.717, 1.165) is 26.2 Å². The average molecular weight is 112 g/mol. The molecule has 0 radical (unpaired) electrons. The summed E-state index contributed by atoms with van der Waals surface area (Å²) in [6, 6.07) is 0. The van der Waals surface area contributed by atoms with E-state index in [1.807, 2.05) is 6.20 Å². The van der Waals surface area contributed by atoms with Crippen LogP contribution in [0.4, 0.5) is 0 Å². The van der Waals surface area contributed by atoms with Crippen molar-refractivity contribution in [1.82, 2.24) is 10.2 Å². The van der Waals surface area contributed by atoms with Crippen LogP contribution in [0.2, 0.25) is 0 Å². The summed E-state index contributed by atoms with van der Waals surface area (Å²) in [6.45, 7) is 8.12. The van der Waals surface area contributed by atoms with Crippen LogP contribution in [0.25, 0.3) is 0 Å². The summed E-state index contributed by atoms with van der Waals surface area (Å²) in [5.74, 6) is 0. The van der Waals surface area contributed by atoms with Gasteiger partial charge in [-0.3, -0.25) is 0 Å². The van der Waals surface area contributed by atoms with Crippen LogP contribution in [0.1, 0.15) is 0 Å². The van der Waals surface area contributed by atoms with Crippen molar-refractivity contribution >= 4 is 0 Å². The molecule has 0 aromatic carbocycles. The average Bonchev–Trinajstić information content (AvgIpc) is 1.90. The smallest absolute Gasteiger partial charge is 0.0298 e. The molecule has 0 aromatic rings. The van der Waals surface area contributed by atoms with Crippen LogP contribution >= 0.6 is 0 Å². The van der Waals surface area contributed by atoms with Gasteiger partial charge in [0.15, 0.2) is 0 Å². The van der Waals surface area contributed by atoms with Gasteiger partial charge in [0.05, 0.1) is 0 Å². The van der Waals surface area contributed by atoms with Crippen LogP contribution in [-0.4, -0.2) is 31.1 Å². The normalized spacial score (nSPS) is 20.8. The Labute approximate surface area is 50.2 Å². The minimum Gasteiger partial charge on any atom is -0.375 e. The van der Waals surface area contributed by atoms with Gasteiger partial charge in [-0.2, -0.15) is 0 Å². The largest absolute Gasteiger partial charge is 0.375 e. The Kier molecular flexibility index (Phi) is 1.92. The third kappa shape index (κ3) is 1.23. The van der Waals surface area contributed by atoms with Crippen LogP contribution in [0.5, 0.6) is 0 Å². The van der Waals surface area contributed by atoms with Gasteiger partial charge in [-0.25, -0.2) is 0 Å². The molecule has 2 nitrogen and oxygen atoms in total. The number of hydrogen-bond acceptors (Lipinski definition) is 2. The van der Waals surface area contributed by atoms with Gasteiger partial charge in [-0.05, 0) is 6.20 Å². The molecule has 1 fully saturated rings. The Morgan fingerprint density at radius 3 is 2.38 bits per heavy atom. The van der Waals surface area contributed by atoms with Crippen molar-refractivity contribution in [2.75, 3.05) is 26.2 Å². The van der Waals surface area contributed by atoms with Crippen LogP contribution in [0.15, 0.2) is 12.8 Å². The quantitative estimate of drug-likeness (QED) is 0.515. The monoisotopic (exact) mass is 112 g/mol. The standard InChI is InChI=1S/C6H12N2/c1-2-8-5-3-7-4-6-8/h2,7H,1,3-6H2. The number of piperazine rings is 1. The molecule has 0 amide bonds. The third-order valence-corrected chi connectivity index (χ3v) is 1.41. The number of nitrogens with zero attached hydrogens (tertiary/aromatic N) is 1. The van der Waals surface area contributed by atoms with E-state index in [2.05, 4.69) is 16.8 Å². The maximum Gasteiger partial charge on any atom is 0.0298 e. The molecule has 0 aromatic heterocycles. The first-order valence-corrected chi connectivity index (χ1v) is 3.01. The van der Waals surface area contributed by atoms with Gasteiger partial charge in [0.1, 0.15) is 0 Å². The lowest BCUT2D eigenvalue weighted by molar-refractivity contribution is 0.325. The predicted molar refractivity (Wildman–Crippen MR) is 34.6 cm³/mol. The van der Waals surface area contributed by atoms with Gasteiger partial charge >= 0.3 is 0 Å². The van der Waals surface area contributed by atoms with Crippen molar-refractivity contribution in [3.8, 4) is 0 Å². The van der Waals surface area contributed by atoms with E-state index in [4.69, 9.17) is 0 Å². The molecule has 0 atom stereocenters. The highest BCUT2D eigenvalue weighted by atomic mass is 15.2. The molecule has 1 N–H and O–H groups in total. The Hall–Kier alpha value is -0.500. The van der Waals surface area contributed by atoms with Crippen molar-refractivity contribution in [2.45, 2.75) is 0 Å². The Bertz CT molecular complexity index is 74.6. The maximum absolute atomic E-state index is 3.68. The molecular formula is C6H12N2. The summed E-state index contributed by atoms with van der Waals surface area (Å²) >= 11 is 0. The molecule has 2 heteroatoms. The molecule has 1 saturated heterocycles. The minimum absolute atomic E-state index is 1.10. The first kappa shape index (κ1) is 5.63. The highest BCUT2D eigenvalue weighted by molar-refractivity contribution is 4.75. The zero-order valence-corrected chi connectivity index (χ0v) is 5.06. The summed E-state index contributed by atoms with van der Waals surface area (Å²) in [4.78, 5) is 2.22. The second kappa shape index (κ2) is 2.72. The highest BCUT2D eigenvalue weighted by Crippen LogP contribution is 1.89. The predicted octanol–water partition coefficient (Wildman–Crippen LogP) is 0.0351. The molecule has 1 rings (SSSR count). The highest BCUT2D eigenvalue weighted by Gasteiger charge is 2.01. The summed E-state index contributed by atoms with van der Waals surface area (Å²) in [5, 5.41) is 3.26. The fraction of sp³-hybridized carbons (Fsp3) is 0.667. The van der Waals surface area contributed by atoms with Gasteiger partial charge in [0, 0.05) is 26.2 Å². The number of nitrogens with one attached hydrogen (secondary N) is 1. The summed E-state index contributed by atoms with van der Waals surface area (Å²) in [6.07, 6.45) is 1.90. The maximum atomic E-state index is 3.68. The molecule has 0 bridgehead atoms. The summed E-state index contributed by atoms with van der Waals surface area (Å²) in [7, 11) is 0. The van der Waals surface area contributed by atoms with Crippen molar-refractivity contribution in [1.29, 1.82) is 0 Å². The van der Waals surface area contributed by atoms with E-state index >= 15 is 0 Å². The van der Waals surface area contributed by atoms with Crippen molar-refractivity contribution in [2.24, 2.45) is 0 Å². The lowest BCUT2D eigenvalue weighted by Crippen LogP contribution is -2.40. The van der Waals surface area contributed by atoms with Crippen molar-refractivity contribution < 1.29 is 0 Å². The lowest BCUT2D eigenvalue weighted by Gasteiger charge is -2.24. The van der Waals surface area contributed by atoms with Crippen LogP contribution in [0, 0.1) is 0 Å². The first-order valence-electron chi connectivity index (χ1n) is 3.01. The van der Waals surface area contributed by atoms with Crippen molar-refractivity contribution in [3.05, 3.63) is 12.8 Å². The van der Waals surface area contributed by atoms with E-state index < -0.39 is 0 Å². The summed E-state index contributed by atoms with van der Waals surface area (Å²) < 4.78 is 0. The van der Waals surface area contributed by atoms with Gasteiger partial charge in [-0.15, -0.1) is 0 Å². The molecule has 46 valence electrons. The van der Waals surface area contributed by atoms with E-state index in [1.165, 1.54) is 0 Å². The molecule has 1 heterocycles. The lowest BCUT2D eigenvalue weighted by atomic mass is 10.4. The molecule has 1 aliphatic rings. The minimum atomic E-state index is 1.10. The molecule has 0 spiro atoms. The van der Waals surface area contributed by atoms with Gasteiger partial charge in [-0.1, -0.05) is 6.58 Å². The Morgan fingerprint density at radius 2 is 2.00 bits per heavy atom. The van der Waals surface area contributed by atoms with Crippen molar-refractivity contribution in [3.63, 3.8) is 0 Å². The van der Waals surface area contributed by atoms with Crippen LogP contribution in [0.3, 0.4) is 0 Å². The fourth-order valence-corrected chi connectivity index (χ4v) is 0.865. The third-order valence-electron chi connectivity index (χ3n) is 1.41. The molecule has 8 heavy (non-hydrogen) atoms. The van der Waals surface area contributed by atoms with Gasteiger partial charge in [0.2, 0.25) is 0 Å². The second-order valence-electron chi connectivity index (χ2n) is 1.97. The molecule has 0 aliphatic carbocycles.